The maximum absolute atomic E-state index is 13.4. The average Bonchev–Trinajstić information content (AvgIpc) is 3.18. The van der Waals surface area contributed by atoms with Crippen molar-refractivity contribution in [2.75, 3.05) is 6.54 Å². The fourth-order valence-electron chi connectivity index (χ4n) is 2.88. The highest BCUT2D eigenvalue weighted by molar-refractivity contribution is 6.31. The third-order valence-electron chi connectivity index (χ3n) is 4.11. The SMILES string of the molecule is O=C(NCCc1c[nH]c2ccc(F)cc12)c1cc2cc(Cl)ccc2o1. The van der Waals surface area contributed by atoms with Crippen LogP contribution in [-0.2, 0) is 6.42 Å². The van der Waals surface area contributed by atoms with E-state index < -0.39 is 0 Å². The van der Waals surface area contributed by atoms with Crippen molar-refractivity contribution in [2.24, 2.45) is 0 Å². The molecule has 0 aliphatic rings. The molecule has 4 aromatic rings. The van der Waals surface area contributed by atoms with Crippen molar-refractivity contribution in [3.8, 4) is 0 Å². The van der Waals surface area contributed by atoms with Crippen LogP contribution in [0.15, 0.2) is 53.1 Å². The first kappa shape index (κ1) is 15.7. The molecule has 4 nitrogen and oxygen atoms in total. The number of hydrogen-bond donors (Lipinski definition) is 2. The van der Waals surface area contributed by atoms with Gasteiger partial charge in [0.05, 0.1) is 0 Å². The summed E-state index contributed by atoms with van der Waals surface area (Å²) in [4.78, 5) is 15.3. The monoisotopic (exact) mass is 356 g/mol. The molecule has 2 heterocycles. The Morgan fingerprint density at radius 1 is 1.20 bits per heavy atom. The second-order valence-electron chi connectivity index (χ2n) is 5.80. The Bertz CT molecular complexity index is 1080. The minimum atomic E-state index is -0.293. The van der Waals surface area contributed by atoms with Crippen LogP contribution in [0.1, 0.15) is 16.1 Å². The van der Waals surface area contributed by atoms with Crippen molar-refractivity contribution in [1.29, 1.82) is 0 Å². The molecule has 0 saturated heterocycles. The molecule has 0 saturated carbocycles. The molecule has 0 fully saturated rings. The maximum Gasteiger partial charge on any atom is 0.287 e. The van der Waals surface area contributed by atoms with Gasteiger partial charge >= 0.3 is 0 Å². The molecule has 25 heavy (non-hydrogen) atoms. The van der Waals surface area contributed by atoms with E-state index in [-0.39, 0.29) is 17.5 Å². The Morgan fingerprint density at radius 2 is 2.08 bits per heavy atom. The number of benzene rings is 2. The Kier molecular flexibility index (Phi) is 3.93. The van der Waals surface area contributed by atoms with Gasteiger partial charge in [0.2, 0.25) is 0 Å². The van der Waals surface area contributed by atoms with Gasteiger partial charge in [-0.1, -0.05) is 11.6 Å². The molecule has 4 rings (SSSR count). The first-order valence-electron chi connectivity index (χ1n) is 7.83. The standard InChI is InChI=1S/C19H14ClFN2O2/c20-13-1-4-17-12(7-13)8-18(25-17)19(24)22-6-5-11-10-23-16-3-2-14(21)9-15(11)16/h1-4,7-10,23H,5-6H2,(H,22,24). The molecule has 6 heteroatoms. The van der Waals surface area contributed by atoms with Crippen LogP contribution in [0.4, 0.5) is 4.39 Å². The molecule has 0 bridgehead atoms. The zero-order valence-corrected chi connectivity index (χ0v) is 13.9. The normalized spacial score (nSPS) is 11.3. The molecular weight excluding hydrogens is 343 g/mol. The van der Waals surface area contributed by atoms with Gasteiger partial charge in [0.25, 0.3) is 5.91 Å². The molecule has 126 valence electrons. The quantitative estimate of drug-likeness (QED) is 0.558. The van der Waals surface area contributed by atoms with Crippen LogP contribution in [0.25, 0.3) is 21.9 Å². The number of halogens is 2. The molecular formula is C19H14ClFN2O2. The minimum Gasteiger partial charge on any atom is -0.451 e. The predicted octanol–water partition coefficient (Wildman–Crippen LogP) is 4.68. The Hall–Kier alpha value is -2.79. The summed E-state index contributed by atoms with van der Waals surface area (Å²) < 4.78 is 18.9. The summed E-state index contributed by atoms with van der Waals surface area (Å²) >= 11 is 5.94. The summed E-state index contributed by atoms with van der Waals surface area (Å²) in [5, 5.41) is 5.02. The van der Waals surface area contributed by atoms with E-state index >= 15 is 0 Å². The van der Waals surface area contributed by atoms with E-state index in [2.05, 4.69) is 10.3 Å². The molecule has 2 aromatic heterocycles. The Balaban J connectivity index is 1.45. The molecule has 0 radical (unpaired) electrons. The number of carbonyl (C=O) groups excluding carboxylic acids is 1. The summed E-state index contributed by atoms with van der Waals surface area (Å²) in [5.74, 6) is -0.334. The van der Waals surface area contributed by atoms with E-state index in [1.54, 1.807) is 30.3 Å². The molecule has 0 atom stereocenters. The van der Waals surface area contributed by atoms with Crippen molar-refractivity contribution in [3.63, 3.8) is 0 Å². The van der Waals surface area contributed by atoms with Gasteiger partial charge in [0.15, 0.2) is 5.76 Å². The van der Waals surface area contributed by atoms with Crippen LogP contribution in [-0.4, -0.2) is 17.4 Å². The highest BCUT2D eigenvalue weighted by Crippen LogP contribution is 2.23. The number of amides is 1. The van der Waals surface area contributed by atoms with Gasteiger partial charge in [-0.15, -0.1) is 0 Å². The molecule has 2 N–H and O–H groups in total. The lowest BCUT2D eigenvalue weighted by Crippen LogP contribution is -2.25. The van der Waals surface area contributed by atoms with E-state index in [0.717, 1.165) is 21.9 Å². The number of furan rings is 1. The number of carbonyl (C=O) groups is 1. The van der Waals surface area contributed by atoms with Crippen molar-refractivity contribution < 1.29 is 13.6 Å². The molecule has 0 aliphatic carbocycles. The zero-order valence-electron chi connectivity index (χ0n) is 13.1. The second-order valence-corrected chi connectivity index (χ2v) is 6.24. The third kappa shape index (κ3) is 3.10. The summed E-state index contributed by atoms with van der Waals surface area (Å²) in [6.07, 6.45) is 2.42. The Labute approximate surface area is 147 Å². The van der Waals surface area contributed by atoms with Gasteiger partial charge in [-0.05, 0) is 54.4 Å². The lowest BCUT2D eigenvalue weighted by Gasteiger charge is -2.02. The van der Waals surface area contributed by atoms with E-state index in [0.29, 0.717) is 23.6 Å². The highest BCUT2D eigenvalue weighted by Gasteiger charge is 2.12. The van der Waals surface area contributed by atoms with Crippen LogP contribution < -0.4 is 5.32 Å². The number of H-pyrrole nitrogens is 1. The van der Waals surface area contributed by atoms with E-state index in [4.69, 9.17) is 16.0 Å². The fourth-order valence-corrected chi connectivity index (χ4v) is 3.06. The smallest absolute Gasteiger partial charge is 0.287 e. The van der Waals surface area contributed by atoms with Crippen molar-refractivity contribution in [3.05, 3.63) is 70.8 Å². The number of nitrogens with one attached hydrogen (secondary N) is 2. The molecule has 2 aromatic carbocycles. The molecule has 0 spiro atoms. The first-order chi connectivity index (χ1) is 12.1. The van der Waals surface area contributed by atoms with Crippen LogP contribution >= 0.6 is 11.6 Å². The van der Waals surface area contributed by atoms with Crippen molar-refractivity contribution in [2.45, 2.75) is 6.42 Å². The summed E-state index contributed by atoms with van der Waals surface area (Å²) in [7, 11) is 0. The molecule has 1 amide bonds. The van der Waals surface area contributed by atoms with Gasteiger partial charge in [0, 0.05) is 34.1 Å². The van der Waals surface area contributed by atoms with Gasteiger partial charge in [-0.25, -0.2) is 4.39 Å². The number of aromatic amines is 1. The minimum absolute atomic E-state index is 0.238. The van der Waals surface area contributed by atoms with Gasteiger partial charge in [-0.2, -0.15) is 0 Å². The van der Waals surface area contributed by atoms with Gasteiger partial charge in [0.1, 0.15) is 11.4 Å². The number of rotatable bonds is 4. The average molecular weight is 357 g/mol. The first-order valence-corrected chi connectivity index (χ1v) is 8.21. The van der Waals surface area contributed by atoms with Crippen LogP contribution in [0.2, 0.25) is 5.02 Å². The second kappa shape index (κ2) is 6.26. The van der Waals surface area contributed by atoms with Crippen molar-refractivity contribution >= 4 is 39.4 Å². The van der Waals surface area contributed by atoms with E-state index in [9.17, 15) is 9.18 Å². The van der Waals surface area contributed by atoms with E-state index in [1.165, 1.54) is 12.1 Å². The summed E-state index contributed by atoms with van der Waals surface area (Å²) in [5.41, 5.74) is 2.43. The summed E-state index contributed by atoms with van der Waals surface area (Å²) in [6, 6.07) is 11.5. The molecule has 0 aliphatic heterocycles. The number of fused-ring (bicyclic) bond motifs is 2. The van der Waals surface area contributed by atoms with E-state index in [1.807, 2.05) is 6.20 Å². The van der Waals surface area contributed by atoms with Crippen molar-refractivity contribution in [1.82, 2.24) is 10.3 Å². The predicted molar refractivity (Wildman–Crippen MR) is 95.5 cm³/mol. The van der Waals surface area contributed by atoms with Crippen LogP contribution in [0.3, 0.4) is 0 Å². The lowest BCUT2D eigenvalue weighted by molar-refractivity contribution is 0.0928. The highest BCUT2D eigenvalue weighted by atomic mass is 35.5. The largest absolute Gasteiger partial charge is 0.451 e. The van der Waals surface area contributed by atoms with Crippen LogP contribution in [0.5, 0.6) is 0 Å². The topological polar surface area (TPSA) is 58.0 Å². The summed E-state index contributed by atoms with van der Waals surface area (Å²) in [6.45, 7) is 0.417. The Morgan fingerprint density at radius 3 is 2.96 bits per heavy atom. The number of hydrogen-bond acceptors (Lipinski definition) is 2. The fraction of sp³-hybridized carbons (Fsp3) is 0.105. The molecule has 0 unspecified atom stereocenters. The maximum atomic E-state index is 13.4. The van der Waals surface area contributed by atoms with Gasteiger partial charge < -0.3 is 14.7 Å². The lowest BCUT2D eigenvalue weighted by atomic mass is 10.1. The zero-order chi connectivity index (χ0) is 17.4. The third-order valence-corrected chi connectivity index (χ3v) is 4.35. The number of aromatic nitrogens is 1. The van der Waals surface area contributed by atoms with Crippen LogP contribution in [0, 0.1) is 5.82 Å². The van der Waals surface area contributed by atoms with Gasteiger partial charge in [-0.3, -0.25) is 4.79 Å².